The van der Waals surface area contributed by atoms with Crippen LogP contribution in [0.4, 0.5) is 0 Å². The second-order valence-electron chi connectivity index (χ2n) is 2.62. The zero-order valence-electron chi connectivity index (χ0n) is 8.00. The van der Waals surface area contributed by atoms with Gasteiger partial charge < -0.3 is 4.74 Å². The Morgan fingerprint density at radius 3 is 2.47 bits per heavy atom. The van der Waals surface area contributed by atoms with Crippen LogP contribution in [0.25, 0.3) is 0 Å². The molecule has 0 aliphatic carbocycles. The number of ether oxygens (including phenoxy) is 1. The molecule has 0 radical (unpaired) electrons. The Bertz CT molecular complexity index is 377. The Morgan fingerprint density at radius 2 is 1.80 bits per heavy atom. The van der Waals surface area contributed by atoms with Crippen LogP contribution in [0.1, 0.15) is 10.4 Å². The normalized spacial score (nSPS) is 10.7. The molecule has 0 N–H and O–H groups in total. The molecule has 0 saturated heterocycles. The molecule has 0 bridgehead atoms. The number of carbonyl (C=O) groups is 2. The molecule has 0 atom stereocenters. The van der Waals surface area contributed by atoms with E-state index in [1.54, 1.807) is 24.3 Å². The van der Waals surface area contributed by atoms with E-state index in [2.05, 4.69) is 0 Å². The molecule has 0 saturated carbocycles. The second-order valence-corrected chi connectivity index (χ2v) is 2.62. The van der Waals surface area contributed by atoms with Crippen LogP contribution >= 0.6 is 0 Å². The second kappa shape index (κ2) is 6.32. The first-order valence-corrected chi connectivity index (χ1v) is 4.37. The van der Waals surface area contributed by atoms with Gasteiger partial charge >= 0.3 is 5.97 Å². The van der Waals surface area contributed by atoms with E-state index in [0.29, 0.717) is 11.8 Å². The number of esters is 1. The number of rotatable bonds is 4. The van der Waals surface area contributed by atoms with Crippen LogP contribution in [0.15, 0.2) is 54.8 Å². The number of hydrogen-bond acceptors (Lipinski definition) is 3. The zero-order chi connectivity index (χ0) is 10.9. The van der Waals surface area contributed by atoms with Gasteiger partial charge in [0, 0.05) is 0 Å². The molecule has 0 fully saturated rings. The van der Waals surface area contributed by atoms with E-state index in [1.165, 1.54) is 24.5 Å². The van der Waals surface area contributed by atoms with Gasteiger partial charge in [-0.1, -0.05) is 24.3 Å². The highest BCUT2D eigenvalue weighted by Crippen LogP contribution is 2.00. The first-order valence-electron chi connectivity index (χ1n) is 4.37. The van der Waals surface area contributed by atoms with Crippen molar-refractivity contribution in [2.45, 2.75) is 0 Å². The predicted molar refractivity (Wildman–Crippen MR) is 56.2 cm³/mol. The van der Waals surface area contributed by atoms with Crippen LogP contribution < -0.4 is 0 Å². The summed E-state index contributed by atoms with van der Waals surface area (Å²) in [6, 6.07) is 8.66. The van der Waals surface area contributed by atoms with Crippen molar-refractivity contribution in [2.24, 2.45) is 0 Å². The summed E-state index contributed by atoms with van der Waals surface area (Å²) < 4.78 is 4.79. The number of aldehydes is 1. The summed E-state index contributed by atoms with van der Waals surface area (Å²) in [6.45, 7) is 0. The molecular weight excluding hydrogens is 192 g/mol. The standard InChI is InChI=1S/C12H10O3/c13-9-5-2-6-10-15-12(14)11-7-3-1-4-8-11/h1-10H. The summed E-state index contributed by atoms with van der Waals surface area (Å²) in [6.07, 6.45) is 6.12. The summed E-state index contributed by atoms with van der Waals surface area (Å²) in [5.74, 6) is -0.425. The van der Waals surface area contributed by atoms with Gasteiger partial charge in [-0.2, -0.15) is 0 Å². The summed E-state index contributed by atoms with van der Waals surface area (Å²) in [4.78, 5) is 21.2. The SMILES string of the molecule is O=CC=CC=COC(=O)c1ccccc1. The molecule has 3 heteroatoms. The number of benzene rings is 1. The molecule has 0 unspecified atom stereocenters. The Morgan fingerprint density at radius 1 is 1.07 bits per heavy atom. The molecule has 0 spiro atoms. The minimum Gasteiger partial charge on any atom is -0.431 e. The quantitative estimate of drug-likeness (QED) is 0.247. The number of hydrogen-bond donors (Lipinski definition) is 0. The fourth-order valence-electron chi connectivity index (χ4n) is 0.898. The van der Waals surface area contributed by atoms with Gasteiger partial charge in [0.15, 0.2) is 0 Å². The third kappa shape index (κ3) is 4.04. The molecule has 0 amide bonds. The molecule has 0 heterocycles. The van der Waals surface area contributed by atoms with E-state index in [0.717, 1.165) is 0 Å². The van der Waals surface area contributed by atoms with Crippen molar-refractivity contribution in [1.29, 1.82) is 0 Å². The summed E-state index contributed by atoms with van der Waals surface area (Å²) in [5.41, 5.74) is 0.488. The summed E-state index contributed by atoms with van der Waals surface area (Å²) in [5, 5.41) is 0. The molecular formula is C12H10O3. The predicted octanol–water partition coefficient (Wildman–Crippen LogP) is 2.11. The fraction of sp³-hybridized carbons (Fsp3) is 0. The lowest BCUT2D eigenvalue weighted by atomic mass is 10.2. The van der Waals surface area contributed by atoms with Crippen LogP contribution in [0.2, 0.25) is 0 Å². The first kappa shape index (κ1) is 10.9. The van der Waals surface area contributed by atoms with Crippen molar-refractivity contribution in [2.75, 3.05) is 0 Å². The van der Waals surface area contributed by atoms with E-state index in [9.17, 15) is 9.59 Å². The number of allylic oxidation sites excluding steroid dienone is 3. The lowest BCUT2D eigenvalue weighted by Gasteiger charge is -1.97. The molecule has 0 aromatic heterocycles. The average molecular weight is 202 g/mol. The van der Waals surface area contributed by atoms with Crippen LogP contribution in [-0.2, 0) is 9.53 Å². The van der Waals surface area contributed by atoms with Gasteiger partial charge in [-0.15, -0.1) is 0 Å². The topological polar surface area (TPSA) is 43.4 Å². The Kier molecular flexibility index (Phi) is 4.60. The molecule has 3 nitrogen and oxygen atoms in total. The maximum absolute atomic E-state index is 11.3. The van der Waals surface area contributed by atoms with Crippen molar-refractivity contribution in [3.05, 3.63) is 60.4 Å². The highest BCUT2D eigenvalue weighted by molar-refractivity contribution is 5.89. The minimum atomic E-state index is -0.425. The van der Waals surface area contributed by atoms with Crippen molar-refractivity contribution in [3.8, 4) is 0 Å². The van der Waals surface area contributed by atoms with Gasteiger partial charge in [0.2, 0.25) is 0 Å². The third-order valence-electron chi connectivity index (χ3n) is 1.56. The molecule has 1 rings (SSSR count). The molecule has 15 heavy (non-hydrogen) atoms. The molecule has 76 valence electrons. The van der Waals surface area contributed by atoms with E-state index in [4.69, 9.17) is 4.74 Å². The summed E-state index contributed by atoms with van der Waals surface area (Å²) in [7, 11) is 0. The number of carbonyl (C=O) groups excluding carboxylic acids is 2. The van der Waals surface area contributed by atoms with Gasteiger partial charge in [0.05, 0.1) is 11.8 Å². The Hall–Kier alpha value is -2.16. The third-order valence-corrected chi connectivity index (χ3v) is 1.56. The van der Waals surface area contributed by atoms with Gasteiger partial charge in [0.1, 0.15) is 6.29 Å². The maximum atomic E-state index is 11.3. The first-order chi connectivity index (χ1) is 7.34. The molecule has 1 aromatic rings. The maximum Gasteiger partial charge on any atom is 0.342 e. The van der Waals surface area contributed by atoms with E-state index in [1.807, 2.05) is 6.07 Å². The highest BCUT2D eigenvalue weighted by atomic mass is 16.5. The largest absolute Gasteiger partial charge is 0.431 e. The van der Waals surface area contributed by atoms with Gasteiger partial charge in [0.25, 0.3) is 0 Å². The van der Waals surface area contributed by atoms with E-state index in [-0.39, 0.29) is 0 Å². The van der Waals surface area contributed by atoms with Crippen LogP contribution in [-0.4, -0.2) is 12.3 Å². The lowest BCUT2D eigenvalue weighted by Crippen LogP contribution is -1.99. The molecule has 1 aromatic carbocycles. The zero-order valence-corrected chi connectivity index (χ0v) is 8.00. The minimum absolute atomic E-state index is 0.425. The lowest BCUT2D eigenvalue weighted by molar-refractivity contribution is -0.104. The van der Waals surface area contributed by atoms with Gasteiger partial charge in [-0.25, -0.2) is 4.79 Å². The van der Waals surface area contributed by atoms with Gasteiger partial charge in [-0.05, 0) is 24.3 Å². The Labute approximate surface area is 87.7 Å². The molecule has 0 aliphatic heterocycles. The van der Waals surface area contributed by atoms with E-state index >= 15 is 0 Å². The highest BCUT2D eigenvalue weighted by Gasteiger charge is 2.02. The van der Waals surface area contributed by atoms with Crippen molar-refractivity contribution in [3.63, 3.8) is 0 Å². The average Bonchev–Trinajstić information content (AvgIpc) is 2.30. The smallest absolute Gasteiger partial charge is 0.342 e. The molecule has 0 aliphatic rings. The Balaban J connectivity index is 2.47. The van der Waals surface area contributed by atoms with Gasteiger partial charge in [-0.3, -0.25) is 4.79 Å². The van der Waals surface area contributed by atoms with Crippen molar-refractivity contribution < 1.29 is 14.3 Å². The monoisotopic (exact) mass is 202 g/mol. The van der Waals surface area contributed by atoms with Crippen LogP contribution in [0.3, 0.4) is 0 Å². The fourth-order valence-corrected chi connectivity index (χ4v) is 0.898. The van der Waals surface area contributed by atoms with Crippen molar-refractivity contribution in [1.82, 2.24) is 0 Å². The van der Waals surface area contributed by atoms with Crippen molar-refractivity contribution >= 4 is 12.3 Å². The van der Waals surface area contributed by atoms with Crippen LogP contribution in [0, 0.1) is 0 Å². The van der Waals surface area contributed by atoms with E-state index < -0.39 is 5.97 Å². The van der Waals surface area contributed by atoms with Crippen LogP contribution in [0.5, 0.6) is 0 Å². The summed E-state index contributed by atoms with van der Waals surface area (Å²) >= 11 is 0.